The lowest BCUT2D eigenvalue weighted by molar-refractivity contribution is 0.0978. The van der Waals surface area contributed by atoms with Crippen LogP contribution in [0.3, 0.4) is 0 Å². The first-order valence-corrected chi connectivity index (χ1v) is 8.51. The summed E-state index contributed by atoms with van der Waals surface area (Å²) in [6.07, 6.45) is 3.98. The summed E-state index contributed by atoms with van der Waals surface area (Å²) in [5.74, 6) is 0.180. The molecule has 27 heavy (non-hydrogen) atoms. The Balaban J connectivity index is 1.79. The third kappa shape index (κ3) is 4.17. The van der Waals surface area contributed by atoms with Gasteiger partial charge in [-0.3, -0.25) is 9.78 Å². The van der Waals surface area contributed by atoms with E-state index in [0.717, 1.165) is 11.3 Å². The van der Waals surface area contributed by atoms with Gasteiger partial charge in [-0.15, -0.1) is 0 Å². The Labute approximate surface area is 156 Å². The second-order valence-corrected chi connectivity index (χ2v) is 6.16. The molecule has 0 aliphatic rings. The van der Waals surface area contributed by atoms with Gasteiger partial charge in [0.05, 0.1) is 12.3 Å². The Morgan fingerprint density at radius 2 is 2.07 bits per heavy atom. The number of aryl methyl sites for hydroxylation is 3. The number of nitrogens with zero attached hydrogens (tertiary/aromatic N) is 4. The van der Waals surface area contributed by atoms with E-state index in [0.29, 0.717) is 36.0 Å². The first-order valence-electron chi connectivity index (χ1n) is 8.51. The molecule has 0 bridgehead atoms. The van der Waals surface area contributed by atoms with E-state index in [9.17, 15) is 4.79 Å². The summed E-state index contributed by atoms with van der Waals surface area (Å²) in [6, 6.07) is 3.83. The van der Waals surface area contributed by atoms with Gasteiger partial charge in [0.15, 0.2) is 11.6 Å². The monoisotopic (exact) mass is 367 g/mol. The molecule has 0 aliphatic carbocycles. The summed E-state index contributed by atoms with van der Waals surface area (Å²) in [5.41, 5.74) is 9.65. The Morgan fingerprint density at radius 1 is 1.26 bits per heavy atom. The van der Waals surface area contributed by atoms with Gasteiger partial charge in [-0.05, 0) is 31.9 Å². The van der Waals surface area contributed by atoms with Crippen LogP contribution in [0.1, 0.15) is 39.6 Å². The number of rotatable bonds is 7. The first-order chi connectivity index (χ1) is 13.0. The van der Waals surface area contributed by atoms with Crippen LogP contribution >= 0.6 is 0 Å². The fourth-order valence-electron chi connectivity index (χ4n) is 2.70. The van der Waals surface area contributed by atoms with Crippen LogP contribution in [-0.2, 0) is 17.8 Å². The van der Waals surface area contributed by atoms with Crippen molar-refractivity contribution in [2.24, 2.45) is 0 Å². The van der Waals surface area contributed by atoms with Gasteiger partial charge < -0.3 is 14.9 Å². The van der Waals surface area contributed by atoms with E-state index in [1.807, 2.05) is 19.1 Å². The first kappa shape index (κ1) is 18.7. The predicted octanol–water partition coefficient (Wildman–Crippen LogP) is 2.69. The number of Topliss-reactive ketones (excluding diaryl/α,β-unsaturated/α-hetero) is 1. The summed E-state index contributed by atoms with van der Waals surface area (Å²) in [5, 5.41) is 0. The quantitative estimate of drug-likeness (QED) is 0.633. The van der Waals surface area contributed by atoms with Crippen molar-refractivity contribution in [1.29, 1.82) is 0 Å². The predicted molar refractivity (Wildman–Crippen MR) is 99.0 cm³/mol. The zero-order valence-corrected chi connectivity index (χ0v) is 15.5. The minimum Gasteiger partial charge on any atom is -0.443 e. The molecule has 0 spiro atoms. The van der Waals surface area contributed by atoms with Crippen molar-refractivity contribution in [2.45, 2.75) is 33.3 Å². The number of anilines is 1. The number of hydrogen-bond donors (Lipinski definition) is 1. The topological polar surface area (TPSA) is 117 Å². The van der Waals surface area contributed by atoms with Gasteiger partial charge in [-0.25, -0.2) is 15.0 Å². The third-order valence-corrected chi connectivity index (χ3v) is 4.11. The summed E-state index contributed by atoms with van der Waals surface area (Å²) < 4.78 is 10.4. The van der Waals surface area contributed by atoms with Crippen LogP contribution in [0.5, 0.6) is 0 Å². The highest BCUT2D eigenvalue weighted by atomic mass is 16.5. The van der Waals surface area contributed by atoms with Gasteiger partial charge >= 0.3 is 0 Å². The minimum absolute atomic E-state index is 0.0600. The lowest BCUT2D eigenvalue weighted by Crippen LogP contribution is -2.12. The highest BCUT2D eigenvalue weighted by molar-refractivity contribution is 5.98. The molecule has 8 heteroatoms. The van der Waals surface area contributed by atoms with Crippen molar-refractivity contribution >= 4 is 11.6 Å². The van der Waals surface area contributed by atoms with Gasteiger partial charge in [0, 0.05) is 25.4 Å². The highest BCUT2D eigenvalue weighted by Gasteiger charge is 2.19. The van der Waals surface area contributed by atoms with Gasteiger partial charge in [0.1, 0.15) is 23.3 Å². The van der Waals surface area contributed by atoms with Crippen molar-refractivity contribution in [3.05, 3.63) is 52.9 Å². The van der Waals surface area contributed by atoms with E-state index in [2.05, 4.69) is 19.9 Å². The summed E-state index contributed by atoms with van der Waals surface area (Å²) >= 11 is 0. The van der Waals surface area contributed by atoms with Crippen molar-refractivity contribution < 1.29 is 13.9 Å². The third-order valence-electron chi connectivity index (χ3n) is 4.11. The van der Waals surface area contributed by atoms with Crippen LogP contribution in [0.2, 0.25) is 0 Å². The number of ketones is 1. The van der Waals surface area contributed by atoms with E-state index < -0.39 is 0 Å². The van der Waals surface area contributed by atoms with Crippen LogP contribution < -0.4 is 5.73 Å². The van der Waals surface area contributed by atoms with Gasteiger partial charge in [-0.1, -0.05) is 6.07 Å². The number of aromatic nitrogens is 4. The molecular weight excluding hydrogens is 346 g/mol. The summed E-state index contributed by atoms with van der Waals surface area (Å²) in [7, 11) is 1.57. The van der Waals surface area contributed by atoms with E-state index in [4.69, 9.17) is 14.9 Å². The molecule has 3 rings (SSSR count). The Bertz CT molecular complexity index is 968. The Hall–Kier alpha value is -3.13. The number of nitrogen functional groups attached to an aromatic ring is 1. The molecule has 2 N–H and O–H groups in total. The Morgan fingerprint density at radius 3 is 2.81 bits per heavy atom. The minimum atomic E-state index is -0.174. The number of oxazole rings is 1. The van der Waals surface area contributed by atoms with E-state index in [1.165, 1.54) is 6.26 Å². The molecule has 0 aromatic carbocycles. The molecule has 8 nitrogen and oxygen atoms in total. The molecule has 0 amide bonds. The largest absolute Gasteiger partial charge is 0.443 e. The molecule has 0 saturated heterocycles. The summed E-state index contributed by atoms with van der Waals surface area (Å²) in [4.78, 5) is 29.8. The summed E-state index contributed by atoms with van der Waals surface area (Å²) in [6.45, 7) is 4.03. The van der Waals surface area contributed by atoms with E-state index in [-0.39, 0.29) is 23.7 Å². The van der Waals surface area contributed by atoms with Gasteiger partial charge in [0.2, 0.25) is 5.89 Å². The van der Waals surface area contributed by atoms with Crippen LogP contribution in [0.4, 0.5) is 5.82 Å². The van der Waals surface area contributed by atoms with E-state index >= 15 is 0 Å². The fraction of sp³-hybridized carbons (Fsp3) is 0.316. The van der Waals surface area contributed by atoms with Crippen molar-refractivity contribution in [3.63, 3.8) is 0 Å². The molecule has 0 aliphatic heterocycles. The maximum atomic E-state index is 12.6. The number of carbonyl (C=O) groups is 1. The number of carbonyl (C=O) groups excluding carboxylic acids is 1. The number of hydrogen-bond acceptors (Lipinski definition) is 8. The van der Waals surface area contributed by atoms with E-state index in [1.54, 1.807) is 20.2 Å². The van der Waals surface area contributed by atoms with Crippen molar-refractivity contribution in [1.82, 2.24) is 19.9 Å². The maximum Gasteiger partial charge on any atom is 0.247 e. The second kappa shape index (κ2) is 8.05. The van der Waals surface area contributed by atoms with Crippen molar-refractivity contribution in [2.75, 3.05) is 12.8 Å². The molecule has 3 aromatic rings. The van der Waals surface area contributed by atoms with Crippen LogP contribution in [0, 0.1) is 13.8 Å². The highest BCUT2D eigenvalue weighted by Crippen LogP contribution is 2.23. The zero-order chi connectivity index (χ0) is 19.4. The average Bonchev–Trinajstić information content (AvgIpc) is 3.11. The van der Waals surface area contributed by atoms with Gasteiger partial charge in [-0.2, -0.15) is 0 Å². The fourth-order valence-corrected chi connectivity index (χ4v) is 2.70. The number of nitrogens with two attached hydrogens (primary N) is 1. The van der Waals surface area contributed by atoms with Crippen LogP contribution in [-0.4, -0.2) is 32.8 Å². The van der Waals surface area contributed by atoms with Crippen molar-refractivity contribution in [3.8, 4) is 11.6 Å². The lowest BCUT2D eigenvalue weighted by atomic mass is 10.1. The molecule has 0 atom stereocenters. The molecule has 140 valence electrons. The number of methoxy groups -OCH3 is 1. The number of pyridine rings is 1. The lowest BCUT2D eigenvalue weighted by Gasteiger charge is -2.08. The van der Waals surface area contributed by atoms with Crippen LogP contribution in [0.15, 0.2) is 29.0 Å². The normalized spacial score (nSPS) is 10.9. The molecule has 3 heterocycles. The number of ether oxygens (including phenoxy) is 1. The smallest absolute Gasteiger partial charge is 0.247 e. The van der Waals surface area contributed by atoms with Gasteiger partial charge in [0.25, 0.3) is 0 Å². The van der Waals surface area contributed by atoms with Crippen LogP contribution in [0.25, 0.3) is 11.6 Å². The molecule has 0 fully saturated rings. The second-order valence-electron chi connectivity index (χ2n) is 6.16. The molecule has 0 radical (unpaired) electrons. The Kier molecular flexibility index (Phi) is 5.56. The molecule has 3 aromatic heterocycles. The SMILES string of the molecule is COCc1coc(-c2nc(N)c(C(=O)CCc3ncccc3C)nc2C)n1. The molecular formula is C19H21N5O3. The molecule has 0 unspecified atom stereocenters. The maximum absolute atomic E-state index is 12.6. The zero-order valence-electron chi connectivity index (χ0n) is 15.5. The standard InChI is InChI=1S/C19H21N5O3/c1-11-5-4-8-21-14(11)6-7-15(25)17-18(20)24-16(12(2)22-17)19-23-13(9-26-3)10-27-19/h4-5,8,10H,6-7,9H2,1-3H3,(H2,20,24). The molecule has 0 saturated carbocycles. The average molecular weight is 367 g/mol.